The molecule has 0 bridgehead atoms. The van der Waals surface area contributed by atoms with E-state index in [9.17, 15) is 0 Å². The first-order chi connectivity index (χ1) is 14.2. The number of aliphatic imine (C=N–C) groups is 1. The Morgan fingerprint density at radius 2 is 2.34 bits per heavy atom. The van der Waals surface area contributed by atoms with Gasteiger partial charge < -0.3 is 21.1 Å². The van der Waals surface area contributed by atoms with E-state index in [0.717, 1.165) is 53.5 Å². The summed E-state index contributed by atoms with van der Waals surface area (Å²) < 4.78 is 7.54. The summed E-state index contributed by atoms with van der Waals surface area (Å²) in [7, 11) is 3.34. The number of aromatic nitrogens is 3. The average molecular weight is 391 g/mol. The van der Waals surface area contributed by atoms with Crippen LogP contribution in [0.5, 0.6) is 5.75 Å². The topological polar surface area (TPSA) is 102 Å². The van der Waals surface area contributed by atoms with Gasteiger partial charge in [-0.15, -0.1) is 0 Å². The van der Waals surface area contributed by atoms with Crippen molar-refractivity contribution in [1.29, 1.82) is 0 Å². The highest BCUT2D eigenvalue weighted by Crippen LogP contribution is 2.29. The quantitative estimate of drug-likeness (QED) is 0.557. The van der Waals surface area contributed by atoms with Crippen LogP contribution in [0, 0.1) is 0 Å². The molecule has 0 aromatic carbocycles. The summed E-state index contributed by atoms with van der Waals surface area (Å²) in [4.78, 5) is 13.4. The molecule has 0 saturated carbocycles. The summed E-state index contributed by atoms with van der Waals surface area (Å²) in [6.07, 6.45) is 8.10. The van der Waals surface area contributed by atoms with E-state index >= 15 is 0 Å². The molecule has 3 aromatic heterocycles. The number of anilines is 1. The normalized spacial score (nSPS) is 17.3. The van der Waals surface area contributed by atoms with Gasteiger partial charge in [-0.3, -0.25) is 9.39 Å². The molecule has 4 rings (SSSR count). The summed E-state index contributed by atoms with van der Waals surface area (Å²) in [5.74, 6) is 1.55. The maximum Gasteiger partial charge on any atom is 0.140 e. The smallest absolute Gasteiger partial charge is 0.140 e. The van der Waals surface area contributed by atoms with Gasteiger partial charge in [0, 0.05) is 55.4 Å². The van der Waals surface area contributed by atoms with Crippen LogP contribution in [-0.2, 0) is 0 Å². The number of rotatable bonds is 6. The van der Waals surface area contributed by atoms with E-state index in [1.807, 2.05) is 41.1 Å². The summed E-state index contributed by atoms with van der Waals surface area (Å²) in [6, 6.07) is 8.27. The summed E-state index contributed by atoms with van der Waals surface area (Å²) in [5, 5.41) is 6.86. The van der Waals surface area contributed by atoms with Crippen molar-refractivity contribution in [2.24, 2.45) is 10.7 Å². The molecule has 1 aliphatic heterocycles. The fourth-order valence-electron chi connectivity index (χ4n) is 3.57. The molecular weight excluding hydrogens is 366 g/mol. The first-order valence-electron chi connectivity index (χ1n) is 9.57. The predicted octanol–water partition coefficient (Wildman–Crippen LogP) is 2.18. The monoisotopic (exact) mass is 391 g/mol. The van der Waals surface area contributed by atoms with Gasteiger partial charge in [-0.25, -0.2) is 9.97 Å². The van der Waals surface area contributed by atoms with Crippen molar-refractivity contribution in [1.82, 2.24) is 19.7 Å². The SMILES string of the molecule is CN=CC(=CN)c1cn2c(-c3cccc(NC4CCNC4)n3)cnc2cc1OC. The molecule has 29 heavy (non-hydrogen) atoms. The highest BCUT2D eigenvalue weighted by Gasteiger charge is 2.16. The van der Waals surface area contributed by atoms with Crippen LogP contribution >= 0.6 is 0 Å². The van der Waals surface area contributed by atoms with Crippen LogP contribution in [0.25, 0.3) is 22.6 Å². The number of hydrogen-bond acceptors (Lipinski definition) is 7. The Morgan fingerprint density at radius 3 is 3.07 bits per heavy atom. The highest BCUT2D eigenvalue weighted by atomic mass is 16.5. The van der Waals surface area contributed by atoms with Gasteiger partial charge in [0.2, 0.25) is 0 Å². The van der Waals surface area contributed by atoms with Crippen molar-refractivity contribution in [3.05, 3.63) is 48.4 Å². The van der Waals surface area contributed by atoms with Gasteiger partial charge in [0.05, 0.1) is 24.7 Å². The molecule has 3 aromatic rings. The Bertz CT molecular complexity index is 1060. The minimum atomic E-state index is 0.404. The molecule has 1 atom stereocenters. The van der Waals surface area contributed by atoms with Gasteiger partial charge in [0.15, 0.2) is 0 Å². The lowest BCUT2D eigenvalue weighted by Crippen LogP contribution is -2.22. The zero-order valence-corrected chi connectivity index (χ0v) is 16.6. The second-order valence-electron chi connectivity index (χ2n) is 6.88. The summed E-state index contributed by atoms with van der Waals surface area (Å²) in [5.41, 5.74) is 9.92. The Kier molecular flexibility index (Phi) is 5.44. The zero-order valence-electron chi connectivity index (χ0n) is 16.6. The number of fused-ring (bicyclic) bond motifs is 1. The van der Waals surface area contributed by atoms with Gasteiger partial charge in [-0.05, 0) is 25.1 Å². The van der Waals surface area contributed by atoms with Crippen LogP contribution in [0.15, 0.2) is 47.9 Å². The van der Waals surface area contributed by atoms with Gasteiger partial charge in [0.1, 0.15) is 17.2 Å². The van der Waals surface area contributed by atoms with E-state index in [4.69, 9.17) is 15.5 Å². The molecule has 0 amide bonds. The standard InChI is InChI=1S/C21H25N7O/c1-23-10-14(9-22)16-13-28-18(12-25-21(28)8-19(16)29-2)17-4-3-5-20(27-17)26-15-6-7-24-11-15/h3-5,8-10,12-13,15,24H,6-7,11,22H2,1-2H3,(H,26,27). The third-order valence-electron chi connectivity index (χ3n) is 5.01. The minimum absolute atomic E-state index is 0.404. The molecule has 1 fully saturated rings. The maximum absolute atomic E-state index is 5.82. The average Bonchev–Trinajstić information content (AvgIpc) is 3.40. The number of ether oxygens (including phenoxy) is 1. The van der Waals surface area contributed by atoms with Crippen molar-refractivity contribution in [2.75, 3.05) is 32.6 Å². The van der Waals surface area contributed by atoms with Crippen LogP contribution in [-0.4, -0.2) is 53.9 Å². The van der Waals surface area contributed by atoms with Crippen molar-refractivity contribution < 1.29 is 4.74 Å². The van der Waals surface area contributed by atoms with Gasteiger partial charge >= 0.3 is 0 Å². The molecule has 4 N–H and O–H groups in total. The predicted molar refractivity (Wildman–Crippen MR) is 116 cm³/mol. The number of nitrogens with zero attached hydrogens (tertiary/aromatic N) is 4. The van der Waals surface area contributed by atoms with E-state index in [-0.39, 0.29) is 0 Å². The Morgan fingerprint density at radius 1 is 1.45 bits per heavy atom. The van der Waals surface area contributed by atoms with E-state index in [0.29, 0.717) is 11.8 Å². The molecule has 1 saturated heterocycles. The molecule has 8 heteroatoms. The minimum Gasteiger partial charge on any atom is -0.496 e. The largest absolute Gasteiger partial charge is 0.496 e. The second kappa shape index (κ2) is 8.32. The number of nitrogens with one attached hydrogen (secondary N) is 2. The molecule has 4 heterocycles. The van der Waals surface area contributed by atoms with Gasteiger partial charge in [-0.1, -0.05) is 6.07 Å². The number of hydrogen-bond donors (Lipinski definition) is 3. The second-order valence-corrected chi connectivity index (χ2v) is 6.88. The van der Waals surface area contributed by atoms with Crippen molar-refractivity contribution in [3.63, 3.8) is 0 Å². The molecule has 0 spiro atoms. The first-order valence-corrected chi connectivity index (χ1v) is 9.57. The zero-order chi connectivity index (χ0) is 20.2. The fraction of sp³-hybridized carbons (Fsp3) is 0.286. The van der Waals surface area contributed by atoms with E-state index in [2.05, 4.69) is 20.6 Å². The number of allylic oxidation sites excluding steroid dienone is 1. The fourth-order valence-corrected chi connectivity index (χ4v) is 3.57. The van der Waals surface area contributed by atoms with Crippen molar-refractivity contribution in [3.8, 4) is 17.1 Å². The molecule has 150 valence electrons. The number of imidazole rings is 1. The first kappa shape index (κ1) is 18.9. The van der Waals surface area contributed by atoms with Crippen molar-refractivity contribution in [2.45, 2.75) is 12.5 Å². The maximum atomic E-state index is 5.82. The van der Waals surface area contributed by atoms with Crippen LogP contribution in [0.2, 0.25) is 0 Å². The molecule has 0 radical (unpaired) electrons. The van der Waals surface area contributed by atoms with E-state index in [1.54, 1.807) is 20.4 Å². The molecular formula is C21H25N7O. The Balaban J connectivity index is 1.76. The van der Waals surface area contributed by atoms with Crippen LogP contribution in [0.4, 0.5) is 5.82 Å². The van der Waals surface area contributed by atoms with Crippen LogP contribution < -0.4 is 21.1 Å². The highest BCUT2D eigenvalue weighted by molar-refractivity contribution is 6.10. The molecule has 0 aliphatic carbocycles. The molecule has 1 unspecified atom stereocenters. The van der Waals surface area contributed by atoms with Crippen LogP contribution in [0.3, 0.4) is 0 Å². The number of pyridine rings is 2. The lowest BCUT2D eigenvalue weighted by molar-refractivity contribution is 0.413. The summed E-state index contributed by atoms with van der Waals surface area (Å²) >= 11 is 0. The Hall–Kier alpha value is -3.39. The van der Waals surface area contributed by atoms with Crippen molar-refractivity contribution >= 4 is 23.3 Å². The van der Waals surface area contributed by atoms with E-state index in [1.165, 1.54) is 6.20 Å². The Labute approximate surface area is 169 Å². The lowest BCUT2D eigenvalue weighted by Gasteiger charge is -2.13. The molecule has 8 nitrogen and oxygen atoms in total. The lowest BCUT2D eigenvalue weighted by atomic mass is 10.1. The van der Waals surface area contributed by atoms with Crippen LogP contribution in [0.1, 0.15) is 12.0 Å². The number of nitrogens with two attached hydrogens (primary N) is 1. The van der Waals surface area contributed by atoms with Gasteiger partial charge in [0.25, 0.3) is 0 Å². The summed E-state index contributed by atoms with van der Waals surface area (Å²) in [6.45, 7) is 1.99. The third kappa shape index (κ3) is 3.79. The third-order valence-corrected chi connectivity index (χ3v) is 5.01. The van der Waals surface area contributed by atoms with E-state index < -0.39 is 0 Å². The van der Waals surface area contributed by atoms with Gasteiger partial charge in [-0.2, -0.15) is 0 Å². The molecule has 1 aliphatic rings. The number of methoxy groups -OCH3 is 1.